The van der Waals surface area contributed by atoms with E-state index in [0.29, 0.717) is 5.16 Å². The molecule has 2 aromatic rings. The van der Waals surface area contributed by atoms with Crippen LogP contribution in [0.25, 0.3) is 0 Å². The molecule has 0 bridgehead atoms. The van der Waals surface area contributed by atoms with Crippen LogP contribution in [0.5, 0.6) is 0 Å². The summed E-state index contributed by atoms with van der Waals surface area (Å²) in [4.78, 5) is 18.6. The van der Waals surface area contributed by atoms with Gasteiger partial charge in [-0.15, -0.1) is 0 Å². The maximum Gasteiger partial charge on any atom is 0.237 e. The van der Waals surface area contributed by atoms with Gasteiger partial charge in [-0.3, -0.25) is 9.89 Å². The Balaban J connectivity index is 1.55. The van der Waals surface area contributed by atoms with Crippen LogP contribution in [0.1, 0.15) is 26.2 Å². The van der Waals surface area contributed by atoms with Crippen molar-refractivity contribution >= 4 is 29.0 Å². The molecule has 3 rings (SSSR count). The van der Waals surface area contributed by atoms with Crippen LogP contribution in [0.15, 0.2) is 35.7 Å². The first kappa shape index (κ1) is 15.9. The molecule has 23 heavy (non-hydrogen) atoms. The van der Waals surface area contributed by atoms with Crippen LogP contribution >= 0.6 is 11.8 Å². The van der Waals surface area contributed by atoms with E-state index in [1.165, 1.54) is 43.0 Å². The Kier molecular flexibility index (Phi) is 5.17. The van der Waals surface area contributed by atoms with E-state index in [4.69, 9.17) is 0 Å². The summed E-state index contributed by atoms with van der Waals surface area (Å²) in [5.74, 6) is -0.0443. The van der Waals surface area contributed by atoms with Gasteiger partial charge in [0, 0.05) is 24.5 Å². The van der Waals surface area contributed by atoms with Crippen LogP contribution in [0, 0.1) is 0 Å². The van der Waals surface area contributed by atoms with E-state index >= 15 is 0 Å². The highest BCUT2D eigenvalue weighted by molar-refractivity contribution is 8.00. The number of aromatic amines is 1. The zero-order valence-electron chi connectivity index (χ0n) is 13.2. The predicted octanol–water partition coefficient (Wildman–Crippen LogP) is 2.91. The number of hydrogen-bond acceptors (Lipinski definition) is 5. The molecule has 6 nitrogen and oxygen atoms in total. The first-order chi connectivity index (χ1) is 11.2. The van der Waals surface area contributed by atoms with Gasteiger partial charge in [0.1, 0.15) is 6.33 Å². The van der Waals surface area contributed by atoms with Gasteiger partial charge in [-0.25, -0.2) is 4.98 Å². The van der Waals surface area contributed by atoms with Gasteiger partial charge in [-0.1, -0.05) is 11.8 Å². The van der Waals surface area contributed by atoms with Gasteiger partial charge in [0.25, 0.3) is 0 Å². The van der Waals surface area contributed by atoms with Crippen molar-refractivity contribution in [2.45, 2.75) is 36.6 Å². The molecule has 1 unspecified atom stereocenters. The van der Waals surface area contributed by atoms with Crippen LogP contribution in [-0.4, -0.2) is 39.4 Å². The molecule has 1 saturated heterocycles. The molecule has 122 valence electrons. The van der Waals surface area contributed by atoms with Crippen molar-refractivity contribution in [3.63, 3.8) is 0 Å². The number of piperidine rings is 1. The summed E-state index contributed by atoms with van der Waals surface area (Å²) >= 11 is 1.35. The lowest BCUT2D eigenvalue weighted by Gasteiger charge is -2.28. The quantitative estimate of drug-likeness (QED) is 0.824. The van der Waals surface area contributed by atoms with Crippen molar-refractivity contribution in [1.29, 1.82) is 0 Å². The highest BCUT2D eigenvalue weighted by Crippen LogP contribution is 2.23. The van der Waals surface area contributed by atoms with Crippen molar-refractivity contribution < 1.29 is 4.79 Å². The molecule has 1 atom stereocenters. The third kappa shape index (κ3) is 4.25. The van der Waals surface area contributed by atoms with Gasteiger partial charge in [-0.2, -0.15) is 5.10 Å². The van der Waals surface area contributed by atoms with Gasteiger partial charge in [-0.05, 0) is 50.5 Å². The Morgan fingerprint density at radius 1 is 1.26 bits per heavy atom. The van der Waals surface area contributed by atoms with E-state index in [-0.39, 0.29) is 11.2 Å². The maximum absolute atomic E-state index is 12.2. The fourth-order valence-electron chi connectivity index (χ4n) is 2.62. The number of amides is 1. The highest BCUT2D eigenvalue weighted by Gasteiger charge is 2.16. The van der Waals surface area contributed by atoms with Crippen molar-refractivity contribution in [2.24, 2.45) is 0 Å². The number of carbonyl (C=O) groups excluding carboxylic acids is 1. The van der Waals surface area contributed by atoms with Gasteiger partial charge in [0.2, 0.25) is 5.91 Å². The van der Waals surface area contributed by atoms with Crippen LogP contribution in [0.4, 0.5) is 11.4 Å². The second-order valence-electron chi connectivity index (χ2n) is 5.63. The molecule has 0 saturated carbocycles. The molecule has 1 fully saturated rings. The smallest absolute Gasteiger partial charge is 0.237 e. The first-order valence-corrected chi connectivity index (χ1v) is 8.78. The molecule has 1 aliphatic heterocycles. The standard InChI is InChI=1S/C16H21N5OS/c1-12(23-16-17-11-18-20-16)15(22)19-13-5-7-14(8-6-13)21-9-3-2-4-10-21/h5-8,11-12H,2-4,9-10H2,1H3,(H,19,22)(H,17,18,20). The SMILES string of the molecule is CC(Sc1ncn[nH]1)C(=O)Nc1ccc(N2CCCCC2)cc1. The highest BCUT2D eigenvalue weighted by atomic mass is 32.2. The number of anilines is 2. The minimum atomic E-state index is -0.246. The number of nitrogens with one attached hydrogen (secondary N) is 2. The van der Waals surface area contributed by atoms with E-state index in [2.05, 4.69) is 37.5 Å². The Morgan fingerprint density at radius 2 is 2.00 bits per heavy atom. The fraction of sp³-hybridized carbons (Fsp3) is 0.438. The summed E-state index contributed by atoms with van der Waals surface area (Å²) < 4.78 is 0. The van der Waals surface area contributed by atoms with Crippen molar-refractivity contribution in [1.82, 2.24) is 15.2 Å². The summed E-state index contributed by atoms with van der Waals surface area (Å²) in [6.45, 7) is 4.09. The molecule has 7 heteroatoms. The third-order valence-electron chi connectivity index (χ3n) is 3.91. The molecular formula is C16H21N5OS. The lowest BCUT2D eigenvalue weighted by Crippen LogP contribution is -2.29. The molecule has 1 aliphatic rings. The Morgan fingerprint density at radius 3 is 2.65 bits per heavy atom. The van der Waals surface area contributed by atoms with E-state index in [9.17, 15) is 4.79 Å². The molecule has 2 heterocycles. The van der Waals surface area contributed by atoms with E-state index < -0.39 is 0 Å². The number of rotatable bonds is 5. The summed E-state index contributed by atoms with van der Waals surface area (Å²) in [6.07, 6.45) is 5.28. The van der Waals surface area contributed by atoms with Crippen LogP contribution in [0.3, 0.4) is 0 Å². The van der Waals surface area contributed by atoms with Gasteiger partial charge in [0.15, 0.2) is 5.16 Å². The Hall–Kier alpha value is -2.02. The largest absolute Gasteiger partial charge is 0.372 e. The van der Waals surface area contributed by atoms with E-state index in [0.717, 1.165) is 18.8 Å². The molecule has 0 aliphatic carbocycles. The summed E-state index contributed by atoms with van der Waals surface area (Å²) in [5, 5.41) is 9.87. The van der Waals surface area contributed by atoms with E-state index in [1.54, 1.807) is 0 Å². The number of H-pyrrole nitrogens is 1. The Bertz CT molecular complexity index is 622. The number of aromatic nitrogens is 3. The molecule has 0 spiro atoms. The minimum absolute atomic E-state index is 0.0443. The topological polar surface area (TPSA) is 73.9 Å². The second kappa shape index (κ2) is 7.50. The van der Waals surface area contributed by atoms with Gasteiger partial charge in [0.05, 0.1) is 5.25 Å². The summed E-state index contributed by atoms with van der Waals surface area (Å²) in [6, 6.07) is 8.09. The van der Waals surface area contributed by atoms with Crippen LogP contribution < -0.4 is 10.2 Å². The number of thioether (sulfide) groups is 1. The van der Waals surface area contributed by atoms with Crippen molar-refractivity contribution in [2.75, 3.05) is 23.3 Å². The average molecular weight is 331 g/mol. The number of carbonyl (C=O) groups is 1. The fourth-order valence-corrected chi connectivity index (χ4v) is 3.34. The van der Waals surface area contributed by atoms with Crippen molar-refractivity contribution in [3.8, 4) is 0 Å². The molecule has 0 radical (unpaired) electrons. The molecular weight excluding hydrogens is 310 g/mol. The monoisotopic (exact) mass is 331 g/mol. The second-order valence-corrected chi connectivity index (χ2v) is 6.96. The normalized spacial score (nSPS) is 16.1. The van der Waals surface area contributed by atoms with Crippen molar-refractivity contribution in [3.05, 3.63) is 30.6 Å². The lowest BCUT2D eigenvalue weighted by molar-refractivity contribution is -0.115. The Labute approximate surface area is 140 Å². The molecule has 1 aromatic heterocycles. The van der Waals surface area contributed by atoms with Gasteiger partial charge < -0.3 is 10.2 Å². The molecule has 1 amide bonds. The zero-order chi connectivity index (χ0) is 16.1. The van der Waals surface area contributed by atoms with Gasteiger partial charge >= 0.3 is 0 Å². The average Bonchev–Trinajstić information content (AvgIpc) is 3.09. The van der Waals surface area contributed by atoms with Crippen LogP contribution in [0.2, 0.25) is 0 Å². The summed E-state index contributed by atoms with van der Waals surface area (Å²) in [7, 11) is 0. The molecule has 2 N–H and O–H groups in total. The van der Waals surface area contributed by atoms with E-state index in [1.807, 2.05) is 19.1 Å². The molecule has 1 aromatic carbocycles. The third-order valence-corrected chi connectivity index (χ3v) is 4.89. The van der Waals surface area contributed by atoms with Crippen LogP contribution in [-0.2, 0) is 4.79 Å². The minimum Gasteiger partial charge on any atom is -0.372 e. The lowest BCUT2D eigenvalue weighted by atomic mass is 10.1. The predicted molar refractivity (Wildman–Crippen MR) is 92.8 cm³/mol. The summed E-state index contributed by atoms with van der Waals surface area (Å²) in [5.41, 5.74) is 2.05. The maximum atomic E-state index is 12.2. The zero-order valence-corrected chi connectivity index (χ0v) is 14.0. The number of nitrogens with zero attached hydrogens (tertiary/aromatic N) is 3. The number of hydrogen-bond donors (Lipinski definition) is 2. The first-order valence-electron chi connectivity index (χ1n) is 7.90. The number of benzene rings is 1.